The summed E-state index contributed by atoms with van der Waals surface area (Å²) in [6, 6.07) is 7.43. The lowest BCUT2D eigenvalue weighted by Gasteiger charge is -2.33. The van der Waals surface area contributed by atoms with Crippen LogP contribution in [0.15, 0.2) is 40.5 Å². The minimum atomic E-state index is -0.495. The van der Waals surface area contributed by atoms with Gasteiger partial charge in [0.15, 0.2) is 5.17 Å². The van der Waals surface area contributed by atoms with Gasteiger partial charge in [0.25, 0.3) is 0 Å². The summed E-state index contributed by atoms with van der Waals surface area (Å²) in [4.78, 5) is 32.0. The van der Waals surface area contributed by atoms with E-state index >= 15 is 0 Å². The number of allylic oxidation sites excluding steroid dienone is 1. The molecule has 2 aliphatic rings. The lowest BCUT2D eigenvalue weighted by Crippen LogP contribution is -2.41. The number of aryl methyl sites for hydroxylation is 1. The van der Waals surface area contributed by atoms with Crippen LogP contribution in [0.3, 0.4) is 0 Å². The maximum absolute atomic E-state index is 13.0. The number of fused-ring (bicyclic) bond motifs is 1. The topological polar surface area (TPSA) is 59.0 Å². The molecular formula is C20H24N2O3S. The Morgan fingerprint density at radius 2 is 1.92 bits per heavy atom. The molecule has 1 fully saturated rings. The van der Waals surface area contributed by atoms with E-state index in [1.54, 1.807) is 4.90 Å². The van der Waals surface area contributed by atoms with Crippen LogP contribution in [0.1, 0.15) is 51.3 Å². The Balaban J connectivity index is 2.12. The molecule has 138 valence electrons. The van der Waals surface area contributed by atoms with Crippen molar-refractivity contribution in [2.45, 2.75) is 58.4 Å². The molecule has 26 heavy (non-hydrogen) atoms. The van der Waals surface area contributed by atoms with Crippen LogP contribution >= 0.6 is 11.8 Å². The summed E-state index contributed by atoms with van der Waals surface area (Å²) in [6.07, 6.45) is 0.490. The molecule has 0 saturated carbocycles. The van der Waals surface area contributed by atoms with Gasteiger partial charge in [-0.3, -0.25) is 9.69 Å². The predicted molar refractivity (Wildman–Crippen MR) is 104 cm³/mol. The number of aliphatic imine (C=N–C) groups is 1. The number of hydrogen-bond donors (Lipinski definition) is 0. The first-order chi connectivity index (χ1) is 12.3. The van der Waals surface area contributed by atoms with Crippen LogP contribution in [-0.4, -0.2) is 33.3 Å². The van der Waals surface area contributed by atoms with Crippen molar-refractivity contribution >= 4 is 28.8 Å². The number of ether oxygens (including phenoxy) is 1. The Labute approximate surface area is 158 Å². The monoisotopic (exact) mass is 372 g/mol. The minimum absolute atomic E-state index is 0.00386. The number of thioether (sulfide) groups is 1. The van der Waals surface area contributed by atoms with E-state index in [4.69, 9.17) is 4.74 Å². The zero-order valence-electron chi connectivity index (χ0n) is 15.8. The number of amidine groups is 1. The molecule has 0 aliphatic carbocycles. The molecule has 0 N–H and O–H groups in total. The molecule has 0 radical (unpaired) electrons. The molecule has 1 aromatic rings. The van der Waals surface area contributed by atoms with E-state index in [9.17, 15) is 9.59 Å². The van der Waals surface area contributed by atoms with Crippen molar-refractivity contribution in [1.82, 2.24) is 4.90 Å². The molecule has 2 atom stereocenters. The average molecular weight is 372 g/mol. The molecule has 2 aliphatic heterocycles. The van der Waals surface area contributed by atoms with Crippen molar-refractivity contribution in [3.8, 4) is 0 Å². The smallest absolute Gasteiger partial charge is 0.338 e. The van der Waals surface area contributed by atoms with Gasteiger partial charge in [-0.1, -0.05) is 48.5 Å². The largest absolute Gasteiger partial charge is 0.459 e. The van der Waals surface area contributed by atoms with Crippen LogP contribution in [-0.2, 0) is 14.3 Å². The molecule has 3 rings (SSSR count). The fourth-order valence-corrected chi connectivity index (χ4v) is 4.33. The summed E-state index contributed by atoms with van der Waals surface area (Å²) in [5, 5.41) is 0.515. The summed E-state index contributed by atoms with van der Waals surface area (Å²) in [5.74, 6) is -0.409. The quantitative estimate of drug-likeness (QED) is 0.750. The third kappa shape index (κ3) is 3.30. The number of carbonyl (C=O) groups is 2. The maximum atomic E-state index is 13.0. The molecule has 0 unspecified atom stereocenters. The summed E-state index contributed by atoms with van der Waals surface area (Å²) in [7, 11) is 0. The van der Waals surface area contributed by atoms with E-state index in [1.807, 2.05) is 58.9 Å². The van der Waals surface area contributed by atoms with Gasteiger partial charge in [0, 0.05) is 0 Å². The molecule has 0 spiro atoms. The van der Waals surface area contributed by atoms with Crippen molar-refractivity contribution < 1.29 is 14.3 Å². The Hall–Kier alpha value is -2.08. The van der Waals surface area contributed by atoms with Gasteiger partial charge < -0.3 is 4.74 Å². The van der Waals surface area contributed by atoms with Gasteiger partial charge in [-0.15, -0.1) is 0 Å². The first kappa shape index (κ1) is 18.7. The summed E-state index contributed by atoms with van der Waals surface area (Å²) in [6.45, 7) is 9.44. The van der Waals surface area contributed by atoms with Crippen molar-refractivity contribution in [3.05, 3.63) is 46.7 Å². The van der Waals surface area contributed by atoms with Gasteiger partial charge in [0.05, 0.1) is 28.7 Å². The van der Waals surface area contributed by atoms with Crippen LogP contribution in [0.4, 0.5) is 0 Å². The fourth-order valence-electron chi connectivity index (χ4n) is 3.19. The number of amides is 1. The molecular weight excluding hydrogens is 348 g/mol. The molecule has 0 bridgehead atoms. The van der Waals surface area contributed by atoms with Crippen molar-refractivity contribution in [2.75, 3.05) is 0 Å². The van der Waals surface area contributed by atoms with Crippen LogP contribution in [0.2, 0.25) is 0 Å². The van der Waals surface area contributed by atoms with Gasteiger partial charge in [-0.2, -0.15) is 0 Å². The Bertz CT molecular complexity index is 796. The second-order valence-electron chi connectivity index (χ2n) is 6.88. The van der Waals surface area contributed by atoms with E-state index in [0.29, 0.717) is 16.4 Å². The Morgan fingerprint density at radius 1 is 1.27 bits per heavy atom. The van der Waals surface area contributed by atoms with Gasteiger partial charge in [-0.25, -0.2) is 9.79 Å². The highest BCUT2D eigenvalue weighted by Crippen LogP contribution is 2.44. The molecule has 5 nitrogen and oxygen atoms in total. The average Bonchev–Trinajstić information content (AvgIpc) is 2.89. The lowest BCUT2D eigenvalue weighted by molar-refractivity contribution is -0.143. The first-order valence-corrected chi connectivity index (χ1v) is 9.78. The van der Waals surface area contributed by atoms with Gasteiger partial charge in [0.1, 0.15) is 0 Å². The third-order valence-electron chi connectivity index (χ3n) is 4.48. The van der Waals surface area contributed by atoms with E-state index in [1.165, 1.54) is 11.8 Å². The molecule has 1 amide bonds. The number of esters is 1. The minimum Gasteiger partial charge on any atom is -0.459 e. The molecule has 1 aromatic carbocycles. The van der Waals surface area contributed by atoms with Gasteiger partial charge >= 0.3 is 5.97 Å². The summed E-state index contributed by atoms with van der Waals surface area (Å²) >= 11 is 1.48. The number of carbonyl (C=O) groups excluding carboxylic acids is 2. The Morgan fingerprint density at radius 3 is 2.50 bits per heavy atom. The van der Waals surface area contributed by atoms with Crippen LogP contribution in [0.5, 0.6) is 0 Å². The van der Waals surface area contributed by atoms with Crippen LogP contribution in [0, 0.1) is 6.92 Å². The number of rotatable bonds is 4. The third-order valence-corrected chi connectivity index (χ3v) is 5.80. The highest BCUT2D eigenvalue weighted by Gasteiger charge is 2.47. The SMILES string of the molecule is CC[C@H]1SC2=NC(C)=C(C(=O)OC(C)C)[C@@H](c3ccc(C)cc3)N2C1=O. The molecule has 0 aromatic heterocycles. The summed E-state index contributed by atoms with van der Waals surface area (Å²) in [5.41, 5.74) is 3.07. The van der Waals surface area contributed by atoms with E-state index in [2.05, 4.69) is 4.99 Å². The van der Waals surface area contributed by atoms with Gasteiger partial charge in [0.2, 0.25) is 5.91 Å². The van der Waals surface area contributed by atoms with E-state index < -0.39 is 12.0 Å². The second-order valence-corrected chi connectivity index (χ2v) is 8.05. The summed E-state index contributed by atoms with van der Waals surface area (Å²) < 4.78 is 5.46. The van der Waals surface area contributed by atoms with Crippen molar-refractivity contribution in [3.63, 3.8) is 0 Å². The second kappa shape index (κ2) is 7.27. The van der Waals surface area contributed by atoms with Crippen molar-refractivity contribution in [2.24, 2.45) is 4.99 Å². The van der Waals surface area contributed by atoms with Gasteiger partial charge in [-0.05, 0) is 39.7 Å². The standard InChI is InChI=1S/C20H24N2O3S/c1-6-15-18(23)22-17(14-9-7-12(4)8-10-14)16(19(24)25-11(2)3)13(5)21-20(22)26-15/h7-11,15,17H,6H2,1-5H3/t15-,17-/m1/s1. The number of hydrogen-bond acceptors (Lipinski definition) is 5. The molecule has 2 heterocycles. The van der Waals surface area contributed by atoms with Crippen LogP contribution in [0.25, 0.3) is 0 Å². The number of benzene rings is 1. The van der Waals surface area contributed by atoms with Crippen LogP contribution < -0.4 is 0 Å². The van der Waals surface area contributed by atoms with E-state index in [0.717, 1.165) is 17.5 Å². The number of nitrogens with zero attached hydrogens (tertiary/aromatic N) is 2. The highest BCUT2D eigenvalue weighted by molar-refractivity contribution is 8.15. The lowest BCUT2D eigenvalue weighted by atomic mass is 9.93. The zero-order valence-corrected chi connectivity index (χ0v) is 16.6. The first-order valence-electron chi connectivity index (χ1n) is 8.90. The fraction of sp³-hybridized carbons (Fsp3) is 0.450. The maximum Gasteiger partial charge on any atom is 0.338 e. The molecule has 1 saturated heterocycles. The van der Waals surface area contributed by atoms with E-state index in [-0.39, 0.29) is 17.3 Å². The Kier molecular flexibility index (Phi) is 5.23. The highest BCUT2D eigenvalue weighted by atomic mass is 32.2. The molecule has 6 heteroatoms. The predicted octanol–water partition coefficient (Wildman–Crippen LogP) is 3.99. The van der Waals surface area contributed by atoms with Crippen molar-refractivity contribution in [1.29, 1.82) is 0 Å². The zero-order chi connectivity index (χ0) is 19.0. The normalized spacial score (nSPS) is 22.6.